The number of hydrogen-bond acceptors (Lipinski definition) is 0. The molecular formula is C12H7Br2. The van der Waals surface area contributed by atoms with E-state index >= 15 is 0 Å². The normalized spacial score (nSPS) is 10.1. The quantitative estimate of drug-likeness (QED) is 0.717. The summed E-state index contributed by atoms with van der Waals surface area (Å²) in [4.78, 5) is 0. The molecular weight excluding hydrogens is 304 g/mol. The van der Waals surface area contributed by atoms with Gasteiger partial charge in [-0.1, -0.05) is 56.1 Å². The molecule has 0 unspecified atom stereocenters. The van der Waals surface area contributed by atoms with Gasteiger partial charge in [0.05, 0.1) is 0 Å². The molecule has 14 heavy (non-hydrogen) atoms. The van der Waals surface area contributed by atoms with Crippen LogP contribution in [-0.2, 0) is 0 Å². The van der Waals surface area contributed by atoms with Crippen molar-refractivity contribution in [1.29, 1.82) is 0 Å². The Balaban J connectivity index is 2.52. The third-order valence-electron chi connectivity index (χ3n) is 1.91. The highest BCUT2D eigenvalue weighted by Gasteiger charge is 1.99. The highest BCUT2D eigenvalue weighted by molar-refractivity contribution is 9.11. The Hall–Kier alpha value is -0.600. The van der Waals surface area contributed by atoms with Gasteiger partial charge in [-0.3, -0.25) is 0 Å². The lowest BCUT2D eigenvalue weighted by atomic mass is 10.1. The molecule has 2 aromatic rings. The minimum atomic E-state index is 1.08. The molecule has 2 rings (SSSR count). The topological polar surface area (TPSA) is 0 Å². The van der Waals surface area contributed by atoms with Crippen LogP contribution >= 0.6 is 31.9 Å². The first-order valence-corrected chi connectivity index (χ1v) is 5.77. The maximum Gasteiger partial charge on any atom is 0.0192 e. The fraction of sp³-hybridized carbons (Fsp3) is 0. The van der Waals surface area contributed by atoms with Crippen LogP contribution in [0.4, 0.5) is 0 Å². The summed E-state index contributed by atoms with van der Waals surface area (Å²) in [5, 5.41) is 0. The van der Waals surface area contributed by atoms with Crippen LogP contribution in [0.25, 0.3) is 11.1 Å². The van der Waals surface area contributed by atoms with Crippen LogP contribution in [-0.4, -0.2) is 0 Å². The van der Waals surface area contributed by atoms with E-state index in [1.807, 2.05) is 30.3 Å². The van der Waals surface area contributed by atoms with Crippen LogP contribution in [0.1, 0.15) is 0 Å². The lowest BCUT2D eigenvalue weighted by Crippen LogP contribution is -1.77. The van der Waals surface area contributed by atoms with E-state index < -0.39 is 0 Å². The summed E-state index contributed by atoms with van der Waals surface area (Å²) in [7, 11) is 0. The molecule has 0 spiro atoms. The van der Waals surface area contributed by atoms with Crippen molar-refractivity contribution >= 4 is 31.9 Å². The van der Waals surface area contributed by atoms with Gasteiger partial charge in [-0.2, -0.15) is 0 Å². The monoisotopic (exact) mass is 309 g/mol. The smallest absolute Gasteiger partial charge is 0.0192 e. The molecule has 1 radical (unpaired) electrons. The Kier molecular flexibility index (Phi) is 3.04. The van der Waals surface area contributed by atoms with Gasteiger partial charge < -0.3 is 0 Å². The van der Waals surface area contributed by atoms with Crippen molar-refractivity contribution in [2.45, 2.75) is 0 Å². The summed E-state index contributed by atoms with van der Waals surface area (Å²) in [6.07, 6.45) is 0. The van der Waals surface area contributed by atoms with Crippen LogP contribution in [0, 0.1) is 6.07 Å². The van der Waals surface area contributed by atoms with E-state index in [2.05, 4.69) is 50.1 Å². The fourth-order valence-electron chi connectivity index (χ4n) is 1.30. The molecule has 0 saturated heterocycles. The minimum absolute atomic E-state index is 1.08. The van der Waals surface area contributed by atoms with Gasteiger partial charge in [0.1, 0.15) is 0 Å². The first-order valence-electron chi connectivity index (χ1n) is 4.18. The highest BCUT2D eigenvalue weighted by atomic mass is 79.9. The van der Waals surface area contributed by atoms with E-state index in [1.165, 1.54) is 11.1 Å². The third kappa shape index (κ3) is 2.25. The standard InChI is InChI=1S/C12H7Br2/c13-11-6-10(7-12(14)8-11)9-4-2-1-3-5-9/h2-8H. The van der Waals surface area contributed by atoms with E-state index in [-0.39, 0.29) is 0 Å². The lowest BCUT2D eigenvalue weighted by molar-refractivity contribution is 1.56. The summed E-state index contributed by atoms with van der Waals surface area (Å²) in [6.45, 7) is 0. The number of benzene rings is 2. The predicted octanol–water partition coefficient (Wildman–Crippen LogP) is 4.68. The molecule has 0 atom stereocenters. The van der Waals surface area contributed by atoms with Gasteiger partial charge in [0.2, 0.25) is 0 Å². The Morgan fingerprint density at radius 3 is 1.93 bits per heavy atom. The number of rotatable bonds is 1. The van der Waals surface area contributed by atoms with Crippen molar-refractivity contribution in [2.24, 2.45) is 0 Å². The maximum absolute atomic E-state index is 3.47. The molecule has 2 heteroatoms. The molecule has 0 bridgehead atoms. The van der Waals surface area contributed by atoms with Gasteiger partial charge in [0.25, 0.3) is 0 Å². The Morgan fingerprint density at radius 2 is 1.36 bits per heavy atom. The third-order valence-corrected chi connectivity index (χ3v) is 2.83. The highest BCUT2D eigenvalue weighted by Crippen LogP contribution is 2.27. The van der Waals surface area contributed by atoms with Crippen molar-refractivity contribution in [1.82, 2.24) is 0 Å². The van der Waals surface area contributed by atoms with Crippen molar-refractivity contribution in [3.8, 4) is 11.1 Å². The van der Waals surface area contributed by atoms with Crippen LogP contribution < -0.4 is 0 Å². The van der Waals surface area contributed by atoms with E-state index in [0.717, 1.165) is 8.95 Å². The minimum Gasteiger partial charge on any atom is -0.0538 e. The molecule has 0 saturated carbocycles. The molecule has 0 amide bonds. The van der Waals surface area contributed by atoms with Crippen LogP contribution in [0.5, 0.6) is 0 Å². The second-order valence-electron chi connectivity index (χ2n) is 2.95. The Bertz CT molecular complexity index is 415. The molecule has 0 aromatic heterocycles. The van der Waals surface area contributed by atoms with Crippen molar-refractivity contribution < 1.29 is 0 Å². The molecule has 0 N–H and O–H groups in total. The first-order chi connectivity index (χ1) is 6.75. The van der Waals surface area contributed by atoms with Crippen molar-refractivity contribution in [3.05, 3.63) is 57.5 Å². The molecule has 0 aliphatic rings. The van der Waals surface area contributed by atoms with E-state index in [9.17, 15) is 0 Å². The summed E-state index contributed by atoms with van der Waals surface area (Å²) in [5.74, 6) is 0. The van der Waals surface area contributed by atoms with Crippen molar-refractivity contribution in [2.75, 3.05) is 0 Å². The molecule has 0 nitrogen and oxygen atoms in total. The van der Waals surface area contributed by atoms with Gasteiger partial charge in [-0.25, -0.2) is 0 Å². The second-order valence-corrected chi connectivity index (χ2v) is 4.78. The molecule has 0 heterocycles. The van der Waals surface area contributed by atoms with Crippen LogP contribution in [0.3, 0.4) is 0 Å². The lowest BCUT2D eigenvalue weighted by Gasteiger charge is -2.02. The number of hydrogen-bond donors (Lipinski definition) is 0. The zero-order valence-electron chi connectivity index (χ0n) is 7.30. The zero-order valence-corrected chi connectivity index (χ0v) is 10.5. The summed E-state index contributed by atoms with van der Waals surface area (Å²) in [5.41, 5.74) is 2.39. The second kappa shape index (κ2) is 4.28. The number of halogens is 2. The summed E-state index contributed by atoms with van der Waals surface area (Å²) in [6, 6.07) is 17.2. The van der Waals surface area contributed by atoms with Crippen molar-refractivity contribution in [3.63, 3.8) is 0 Å². The van der Waals surface area contributed by atoms with Gasteiger partial charge in [-0.05, 0) is 35.4 Å². The Labute approximate surface area is 100 Å². The fourth-order valence-corrected chi connectivity index (χ4v) is 2.59. The Morgan fingerprint density at radius 1 is 0.786 bits per heavy atom. The molecule has 69 valence electrons. The van der Waals surface area contributed by atoms with Gasteiger partial charge in [0.15, 0.2) is 0 Å². The van der Waals surface area contributed by atoms with E-state index in [1.54, 1.807) is 0 Å². The van der Waals surface area contributed by atoms with Crippen LogP contribution in [0.15, 0.2) is 51.4 Å². The zero-order chi connectivity index (χ0) is 9.97. The summed E-state index contributed by atoms with van der Waals surface area (Å²) >= 11 is 6.94. The summed E-state index contributed by atoms with van der Waals surface area (Å²) < 4.78 is 2.16. The first kappa shape index (κ1) is 9.94. The average Bonchev–Trinajstić information content (AvgIpc) is 2.18. The molecule has 0 fully saturated rings. The van der Waals surface area contributed by atoms with E-state index in [0.29, 0.717) is 0 Å². The van der Waals surface area contributed by atoms with E-state index in [4.69, 9.17) is 0 Å². The SMILES string of the molecule is Brc1cc(Br)cc(-c2cc[c]cc2)c1. The van der Waals surface area contributed by atoms with Crippen LogP contribution in [0.2, 0.25) is 0 Å². The van der Waals surface area contributed by atoms with Gasteiger partial charge in [0, 0.05) is 8.95 Å². The van der Waals surface area contributed by atoms with Gasteiger partial charge in [-0.15, -0.1) is 0 Å². The van der Waals surface area contributed by atoms with Gasteiger partial charge >= 0.3 is 0 Å². The maximum atomic E-state index is 3.47. The average molecular weight is 311 g/mol. The predicted molar refractivity (Wildman–Crippen MR) is 66.1 cm³/mol. The molecule has 0 aliphatic heterocycles. The largest absolute Gasteiger partial charge is 0.0538 e. The molecule has 0 aliphatic carbocycles. The molecule has 2 aromatic carbocycles.